The minimum Gasteiger partial charge on any atom is -0.451 e. The lowest BCUT2D eigenvalue weighted by molar-refractivity contribution is 0.0923. The van der Waals surface area contributed by atoms with Gasteiger partial charge >= 0.3 is 0 Å². The molecule has 2 aromatic carbocycles. The largest absolute Gasteiger partial charge is 0.451 e. The summed E-state index contributed by atoms with van der Waals surface area (Å²) in [5.41, 5.74) is 0.209. The summed E-state index contributed by atoms with van der Waals surface area (Å²) in [6.07, 6.45) is 5.32. The average Bonchev–Trinajstić information content (AvgIpc) is 2.74. The number of carbonyl (C=O) groups is 1. The molecule has 0 radical (unpaired) electrons. The fourth-order valence-corrected chi connectivity index (χ4v) is 3.10. The van der Waals surface area contributed by atoms with Gasteiger partial charge in [-0.25, -0.2) is 4.68 Å². The predicted octanol–water partition coefficient (Wildman–Crippen LogP) is 2.07. The second-order valence-electron chi connectivity index (χ2n) is 6.31. The molecule has 7 nitrogen and oxygen atoms in total. The standard InChI is InChI=1S/C22H15N3O4/c1-2-11-25-22(28)15-8-4-3-7-14(15)17(24-25)13-23-21(27)20-12-18(26)16-9-5-6-10-19(16)29-20/h1,3-10,12H,11,13H2,(H,23,27). The van der Waals surface area contributed by atoms with Crippen molar-refractivity contribution in [3.05, 3.63) is 86.6 Å². The van der Waals surface area contributed by atoms with Gasteiger partial charge in [0, 0.05) is 11.5 Å². The molecule has 1 N–H and O–H groups in total. The molecule has 0 fully saturated rings. The summed E-state index contributed by atoms with van der Waals surface area (Å²) in [5.74, 6) is 1.73. The number of hydrogen-bond donors (Lipinski definition) is 1. The van der Waals surface area contributed by atoms with E-state index in [1.54, 1.807) is 48.5 Å². The normalized spacial score (nSPS) is 10.7. The van der Waals surface area contributed by atoms with Crippen LogP contribution in [-0.4, -0.2) is 15.7 Å². The third-order valence-electron chi connectivity index (χ3n) is 4.46. The van der Waals surface area contributed by atoms with Gasteiger partial charge in [-0.2, -0.15) is 5.10 Å². The minimum atomic E-state index is -0.562. The van der Waals surface area contributed by atoms with Crippen molar-refractivity contribution in [2.45, 2.75) is 13.1 Å². The first kappa shape index (κ1) is 18.2. The fraction of sp³-hybridized carbons (Fsp3) is 0.0909. The van der Waals surface area contributed by atoms with Crippen LogP contribution in [0.25, 0.3) is 21.7 Å². The lowest BCUT2D eigenvalue weighted by Crippen LogP contribution is -2.28. The molecule has 0 aliphatic heterocycles. The Kier molecular flexibility index (Phi) is 4.67. The number of benzene rings is 2. The first-order valence-electron chi connectivity index (χ1n) is 8.82. The molecule has 0 atom stereocenters. The van der Waals surface area contributed by atoms with Gasteiger partial charge in [0.2, 0.25) is 0 Å². The molecule has 1 amide bonds. The number of aromatic nitrogens is 2. The van der Waals surface area contributed by atoms with E-state index in [2.05, 4.69) is 16.3 Å². The molecule has 7 heteroatoms. The van der Waals surface area contributed by atoms with Gasteiger partial charge in [0.25, 0.3) is 11.5 Å². The van der Waals surface area contributed by atoms with Crippen LogP contribution < -0.4 is 16.3 Å². The summed E-state index contributed by atoms with van der Waals surface area (Å²) in [7, 11) is 0. The van der Waals surface area contributed by atoms with Gasteiger partial charge in [-0.05, 0) is 18.2 Å². The minimum absolute atomic E-state index is 0.0180. The smallest absolute Gasteiger partial charge is 0.287 e. The van der Waals surface area contributed by atoms with E-state index in [1.807, 2.05) is 0 Å². The van der Waals surface area contributed by atoms with Crippen molar-refractivity contribution in [2.75, 3.05) is 0 Å². The van der Waals surface area contributed by atoms with E-state index in [4.69, 9.17) is 10.8 Å². The monoisotopic (exact) mass is 385 g/mol. The van der Waals surface area contributed by atoms with Crippen LogP contribution >= 0.6 is 0 Å². The summed E-state index contributed by atoms with van der Waals surface area (Å²) in [5, 5.41) is 8.44. The zero-order valence-electron chi connectivity index (χ0n) is 15.2. The van der Waals surface area contributed by atoms with E-state index in [0.29, 0.717) is 27.4 Å². The van der Waals surface area contributed by atoms with Crippen LogP contribution in [-0.2, 0) is 13.1 Å². The van der Waals surface area contributed by atoms with Crippen LogP contribution in [0, 0.1) is 12.3 Å². The molecule has 0 unspecified atom stereocenters. The Hall–Kier alpha value is -4.18. The van der Waals surface area contributed by atoms with Crippen molar-refractivity contribution in [1.82, 2.24) is 15.1 Å². The Balaban J connectivity index is 1.67. The summed E-state index contributed by atoms with van der Waals surface area (Å²) in [4.78, 5) is 37.2. The summed E-state index contributed by atoms with van der Waals surface area (Å²) < 4.78 is 6.73. The topological polar surface area (TPSA) is 94.2 Å². The van der Waals surface area contributed by atoms with E-state index in [1.165, 1.54) is 4.68 Å². The maximum Gasteiger partial charge on any atom is 0.287 e. The van der Waals surface area contributed by atoms with Gasteiger partial charge in [-0.1, -0.05) is 36.3 Å². The highest BCUT2D eigenvalue weighted by atomic mass is 16.3. The Labute approximate surface area is 164 Å². The SMILES string of the molecule is C#CCn1nc(CNC(=O)c2cc(=O)c3ccccc3o2)c2ccccc2c1=O. The van der Waals surface area contributed by atoms with Crippen molar-refractivity contribution in [2.24, 2.45) is 0 Å². The van der Waals surface area contributed by atoms with Crippen molar-refractivity contribution in [3.63, 3.8) is 0 Å². The highest BCUT2D eigenvalue weighted by molar-refractivity contribution is 5.93. The van der Waals surface area contributed by atoms with Crippen molar-refractivity contribution >= 4 is 27.6 Å². The highest BCUT2D eigenvalue weighted by Crippen LogP contribution is 2.14. The Morgan fingerprint density at radius 3 is 2.52 bits per heavy atom. The number of hydrogen-bond acceptors (Lipinski definition) is 5. The molecule has 29 heavy (non-hydrogen) atoms. The van der Waals surface area contributed by atoms with Gasteiger partial charge in [-0.15, -0.1) is 6.42 Å². The number of amides is 1. The van der Waals surface area contributed by atoms with Crippen LogP contribution in [0.2, 0.25) is 0 Å². The summed E-state index contributed by atoms with van der Waals surface area (Å²) in [6, 6.07) is 14.8. The number of terminal acetylenes is 1. The maximum atomic E-state index is 12.6. The van der Waals surface area contributed by atoms with Gasteiger partial charge in [0.15, 0.2) is 11.2 Å². The average molecular weight is 385 g/mol. The Bertz CT molecular complexity index is 1410. The van der Waals surface area contributed by atoms with E-state index >= 15 is 0 Å². The van der Waals surface area contributed by atoms with E-state index in [0.717, 1.165) is 6.07 Å². The van der Waals surface area contributed by atoms with E-state index in [9.17, 15) is 14.4 Å². The molecule has 142 valence electrons. The number of fused-ring (bicyclic) bond motifs is 2. The molecule has 2 aromatic heterocycles. The van der Waals surface area contributed by atoms with Crippen molar-refractivity contribution < 1.29 is 9.21 Å². The molecular weight excluding hydrogens is 370 g/mol. The van der Waals surface area contributed by atoms with Crippen LogP contribution in [0.4, 0.5) is 0 Å². The molecule has 0 aliphatic carbocycles. The van der Waals surface area contributed by atoms with Crippen molar-refractivity contribution in [3.8, 4) is 12.3 Å². The number of rotatable bonds is 4. The van der Waals surface area contributed by atoms with Crippen LogP contribution in [0.5, 0.6) is 0 Å². The number of para-hydroxylation sites is 1. The van der Waals surface area contributed by atoms with Gasteiger partial charge in [0.1, 0.15) is 12.1 Å². The number of carbonyl (C=O) groups excluding carboxylic acids is 1. The molecule has 0 saturated heterocycles. The molecule has 0 spiro atoms. The maximum absolute atomic E-state index is 12.6. The molecular formula is C22H15N3O4. The van der Waals surface area contributed by atoms with Crippen LogP contribution in [0.1, 0.15) is 16.2 Å². The van der Waals surface area contributed by atoms with Gasteiger partial charge in [-0.3, -0.25) is 14.4 Å². The van der Waals surface area contributed by atoms with E-state index < -0.39 is 5.91 Å². The fourth-order valence-electron chi connectivity index (χ4n) is 3.10. The molecule has 0 bridgehead atoms. The van der Waals surface area contributed by atoms with Gasteiger partial charge < -0.3 is 9.73 Å². The highest BCUT2D eigenvalue weighted by Gasteiger charge is 2.14. The predicted molar refractivity (Wildman–Crippen MR) is 108 cm³/mol. The third-order valence-corrected chi connectivity index (χ3v) is 4.46. The second-order valence-corrected chi connectivity index (χ2v) is 6.31. The lowest BCUT2D eigenvalue weighted by atomic mass is 10.1. The summed E-state index contributed by atoms with van der Waals surface area (Å²) >= 11 is 0. The Morgan fingerprint density at radius 2 is 1.76 bits per heavy atom. The Morgan fingerprint density at radius 1 is 1.07 bits per heavy atom. The molecule has 4 rings (SSSR count). The summed E-state index contributed by atoms with van der Waals surface area (Å²) in [6.45, 7) is 0.0465. The quantitative estimate of drug-likeness (QED) is 0.543. The molecule has 4 aromatic rings. The zero-order valence-corrected chi connectivity index (χ0v) is 15.2. The van der Waals surface area contributed by atoms with Gasteiger partial charge in [0.05, 0.1) is 23.0 Å². The lowest BCUT2D eigenvalue weighted by Gasteiger charge is -2.10. The number of nitrogens with zero attached hydrogens (tertiary/aromatic N) is 2. The first-order valence-corrected chi connectivity index (χ1v) is 8.82. The third kappa shape index (κ3) is 3.39. The first-order chi connectivity index (χ1) is 14.1. The van der Waals surface area contributed by atoms with Crippen molar-refractivity contribution in [1.29, 1.82) is 0 Å². The zero-order chi connectivity index (χ0) is 20.4. The second kappa shape index (κ2) is 7.44. The molecule has 0 aliphatic rings. The van der Waals surface area contributed by atoms with Crippen LogP contribution in [0.3, 0.4) is 0 Å². The van der Waals surface area contributed by atoms with E-state index in [-0.39, 0.29) is 29.8 Å². The molecule has 0 saturated carbocycles. The molecule has 2 heterocycles. The number of nitrogens with one attached hydrogen (secondary N) is 1. The van der Waals surface area contributed by atoms with Crippen LogP contribution in [0.15, 0.2) is 68.6 Å².